The molecule has 0 spiro atoms. The van der Waals surface area contributed by atoms with Gasteiger partial charge in [0.25, 0.3) is 0 Å². The number of benzene rings is 1. The molecular weight excluding hydrogens is 351 g/mol. The first-order valence-corrected chi connectivity index (χ1v) is 8.18. The molecule has 2 heterocycles. The Kier molecular flexibility index (Phi) is 4.87. The van der Waals surface area contributed by atoms with Crippen LogP contribution in [0.1, 0.15) is 10.4 Å². The first-order valence-electron chi connectivity index (χ1n) is 8.18. The van der Waals surface area contributed by atoms with Crippen molar-refractivity contribution < 1.29 is 27.9 Å². The third-order valence-electron chi connectivity index (χ3n) is 4.89. The highest BCUT2D eigenvalue weighted by molar-refractivity contribution is 6.26. The van der Waals surface area contributed by atoms with E-state index in [4.69, 9.17) is 0 Å². The van der Waals surface area contributed by atoms with Crippen LogP contribution in [-0.4, -0.2) is 73.2 Å². The zero-order valence-electron chi connectivity index (χ0n) is 14.2. The molecule has 1 N–H and O–H groups in total. The number of hydrogen-bond acceptors (Lipinski definition) is 4. The molecule has 26 heavy (non-hydrogen) atoms. The van der Waals surface area contributed by atoms with Gasteiger partial charge in [0.15, 0.2) is 11.4 Å². The first-order chi connectivity index (χ1) is 12.3. The van der Waals surface area contributed by atoms with E-state index in [1.807, 2.05) is 11.9 Å². The number of carbonyl (C=O) groups is 2. The van der Waals surface area contributed by atoms with Crippen LogP contribution in [0.3, 0.4) is 0 Å². The van der Waals surface area contributed by atoms with E-state index in [0.717, 1.165) is 12.3 Å². The molecule has 3 rings (SSSR count). The number of carbonyl (C=O) groups excluding carboxylic acids is 1. The second-order valence-electron chi connectivity index (χ2n) is 6.46. The second kappa shape index (κ2) is 6.82. The average Bonchev–Trinajstić information content (AvgIpc) is 2.57. The van der Waals surface area contributed by atoms with Crippen LogP contribution in [0.5, 0.6) is 0 Å². The van der Waals surface area contributed by atoms with E-state index in [-0.39, 0.29) is 17.8 Å². The lowest BCUT2D eigenvalue weighted by Crippen LogP contribution is -2.65. The van der Waals surface area contributed by atoms with Crippen molar-refractivity contribution in [2.24, 2.45) is 0 Å². The molecule has 1 saturated heterocycles. The molecule has 0 bridgehead atoms. The monoisotopic (exact) mass is 370 g/mol. The summed E-state index contributed by atoms with van der Waals surface area (Å²) in [4.78, 5) is 26.1. The average molecular weight is 370 g/mol. The van der Waals surface area contributed by atoms with Crippen molar-refractivity contribution in [3.05, 3.63) is 41.1 Å². The van der Waals surface area contributed by atoms with Gasteiger partial charge in [0, 0.05) is 19.2 Å². The van der Waals surface area contributed by atoms with Gasteiger partial charge in [-0.1, -0.05) is 0 Å². The predicted molar refractivity (Wildman–Crippen MR) is 88.1 cm³/mol. The molecule has 1 atom stereocenters. The van der Waals surface area contributed by atoms with E-state index in [2.05, 4.69) is 0 Å². The van der Waals surface area contributed by atoms with E-state index in [1.54, 1.807) is 5.01 Å². The number of halogens is 3. The second-order valence-corrected chi connectivity index (χ2v) is 6.46. The van der Waals surface area contributed by atoms with Crippen LogP contribution in [0.15, 0.2) is 23.9 Å². The molecule has 0 saturated carbocycles. The number of ketones is 1. The van der Waals surface area contributed by atoms with Crippen molar-refractivity contribution in [1.29, 1.82) is 0 Å². The molecule has 140 valence electrons. The van der Waals surface area contributed by atoms with E-state index in [1.165, 1.54) is 0 Å². The number of Topliss-reactive ketones (excluding diaryl/α,β-unsaturated/α-hetero) is 1. The van der Waals surface area contributed by atoms with Crippen molar-refractivity contribution in [2.45, 2.75) is 0 Å². The summed E-state index contributed by atoms with van der Waals surface area (Å²) < 4.78 is 41.4. The van der Waals surface area contributed by atoms with E-state index < -0.39 is 40.2 Å². The van der Waals surface area contributed by atoms with Crippen LogP contribution in [-0.2, 0) is 4.79 Å². The molecule has 2 aliphatic heterocycles. The molecule has 6 nitrogen and oxygen atoms in total. The SMILES string of the molecule is CN1CCN([N+]2(CCF)C=C(C(=O)O)C(=O)c3cc(F)cc(F)c32)CC1. The minimum absolute atomic E-state index is 0.205. The quantitative estimate of drug-likeness (QED) is 0.644. The molecule has 0 aromatic heterocycles. The van der Waals surface area contributed by atoms with Crippen molar-refractivity contribution in [3.63, 3.8) is 0 Å². The Morgan fingerprint density at radius 2 is 1.88 bits per heavy atom. The summed E-state index contributed by atoms with van der Waals surface area (Å²) in [5.41, 5.74) is -1.20. The number of carboxylic acids is 1. The molecule has 1 aromatic rings. The zero-order valence-corrected chi connectivity index (χ0v) is 14.2. The van der Waals surface area contributed by atoms with Crippen molar-refractivity contribution >= 4 is 17.4 Å². The van der Waals surface area contributed by atoms with Gasteiger partial charge in [-0.05, 0) is 13.1 Å². The maximum absolute atomic E-state index is 14.7. The molecule has 2 aliphatic rings. The van der Waals surface area contributed by atoms with Crippen LogP contribution in [0, 0.1) is 11.6 Å². The van der Waals surface area contributed by atoms with E-state index in [9.17, 15) is 27.9 Å². The van der Waals surface area contributed by atoms with Gasteiger partial charge in [0.2, 0.25) is 11.5 Å². The lowest BCUT2D eigenvalue weighted by Gasteiger charge is -2.47. The standard InChI is InChI=1S/C17H18F3N3O3/c1-21-3-5-22(6-4-21)23(7-2-18)10-13(17(25)26)16(24)12-8-11(19)9-14(20)15(12)23/h8-10H,2-7H2,1H3/p+1. The third-order valence-corrected chi connectivity index (χ3v) is 4.89. The van der Waals surface area contributed by atoms with E-state index >= 15 is 0 Å². The van der Waals surface area contributed by atoms with Gasteiger partial charge >= 0.3 is 5.97 Å². The third kappa shape index (κ3) is 2.91. The Morgan fingerprint density at radius 1 is 1.23 bits per heavy atom. The van der Waals surface area contributed by atoms with Gasteiger partial charge in [0.1, 0.15) is 25.2 Å². The lowest BCUT2D eigenvalue weighted by molar-refractivity contribution is -0.132. The zero-order chi connectivity index (χ0) is 19.1. The summed E-state index contributed by atoms with van der Waals surface area (Å²) in [5.74, 6) is -4.48. The normalized spacial score (nSPS) is 24.3. The summed E-state index contributed by atoms with van der Waals surface area (Å²) in [5, 5.41) is 11.1. The number of nitrogens with zero attached hydrogens (tertiary/aromatic N) is 3. The maximum atomic E-state index is 14.7. The summed E-state index contributed by atoms with van der Waals surface area (Å²) in [6.07, 6.45) is 1.08. The Morgan fingerprint density at radius 3 is 2.46 bits per heavy atom. The molecule has 0 aliphatic carbocycles. The summed E-state index contributed by atoms with van der Waals surface area (Å²) in [6, 6.07) is 1.45. The predicted octanol–water partition coefficient (Wildman–Crippen LogP) is 1.57. The highest BCUT2D eigenvalue weighted by Gasteiger charge is 2.49. The fraction of sp³-hybridized carbons (Fsp3) is 0.412. The molecule has 0 radical (unpaired) electrons. The number of aliphatic carboxylic acids is 1. The van der Waals surface area contributed by atoms with Crippen LogP contribution < -0.4 is 4.59 Å². The molecular formula is C17H19F3N3O3+. The fourth-order valence-electron chi connectivity index (χ4n) is 3.59. The highest BCUT2D eigenvalue weighted by Crippen LogP contribution is 2.40. The van der Waals surface area contributed by atoms with Crippen LogP contribution in [0.4, 0.5) is 18.9 Å². The van der Waals surface area contributed by atoms with Gasteiger partial charge < -0.3 is 10.0 Å². The van der Waals surface area contributed by atoms with Crippen molar-refractivity contribution in [1.82, 2.24) is 14.5 Å². The largest absolute Gasteiger partial charge is 0.477 e. The fourth-order valence-corrected chi connectivity index (χ4v) is 3.59. The number of carboxylic acid groups (broad SMARTS) is 1. The van der Waals surface area contributed by atoms with Crippen LogP contribution in [0.2, 0.25) is 0 Å². The number of likely N-dealkylation sites (N-methyl/N-ethyl adjacent to an activating group) is 1. The Bertz CT molecular complexity index is 791. The molecule has 1 unspecified atom stereocenters. The molecule has 1 fully saturated rings. The number of rotatable bonds is 4. The van der Waals surface area contributed by atoms with Gasteiger partial charge in [-0.2, -0.15) is 4.59 Å². The Labute approximate surface area is 148 Å². The minimum Gasteiger partial charge on any atom is -0.477 e. The smallest absolute Gasteiger partial charge is 0.345 e. The summed E-state index contributed by atoms with van der Waals surface area (Å²) in [7, 11) is 1.90. The lowest BCUT2D eigenvalue weighted by atomic mass is 9.96. The van der Waals surface area contributed by atoms with Crippen molar-refractivity contribution in [3.8, 4) is 0 Å². The first kappa shape index (κ1) is 18.6. The number of hydrogen-bond donors (Lipinski definition) is 1. The molecule has 0 amide bonds. The van der Waals surface area contributed by atoms with Crippen LogP contribution in [0.25, 0.3) is 0 Å². The number of alkyl halides is 1. The van der Waals surface area contributed by atoms with Gasteiger partial charge in [-0.15, -0.1) is 5.01 Å². The highest BCUT2D eigenvalue weighted by atomic mass is 19.1. The van der Waals surface area contributed by atoms with Gasteiger partial charge in [-0.25, -0.2) is 18.0 Å². The van der Waals surface area contributed by atoms with Gasteiger partial charge in [-0.3, -0.25) is 4.79 Å². The number of quaternary nitrogens is 1. The Hall–Kier alpha value is -2.23. The summed E-state index contributed by atoms with van der Waals surface area (Å²) >= 11 is 0. The molecule has 9 heteroatoms. The molecule has 1 aromatic carbocycles. The van der Waals surface area contributed by atoms with E-state index in [0.29, 0.717) is 32.2 Å². The Balaban J connectivity index is 2.26. The summed E-state index contributed by atoms with van der Waals surface area (Å²) in [6.45, 7) is 0.863. The van der Waals surface area contributed by atoms with Gasteiger partial charge in [0.05, 0.1) is 18.7 Å². The minimum atomic E-state index is -1.51. The van der Waals surface area contributed by atoms with Crippen LogP contribution >= 0.6 is 0 Å². The van der Waals surface area contributed by atoms with Crippen molar-refractivity contribution in [2.75, 3.05) is 46.4 Å². The number of piperazine rings is 1. The number of fused-ring (bicyclic) bond motifs is 1. The topological polar surface area (TPSA) is 60.9 Å². The maximum Gasteiger partial charge on any atom is 0.345 e.